The molecule has 2 aromatic carbocycles. The van der Waals surface area contributed by atoms with Crippen LogP contribution in [0.5, 0.6) is 0 Å². The minimum atomic E-state index is 1.05. The second-order valence-corrected chi connectivity index (χ2v) is 4.92. The van der Waals surface area contributed by atoms with Crippen LogP contribution in [-0.4, -0.2) is 9.78 Å². The summed E-state index contributed by atoms with van der Waals surface area (Å²) in [6.45, 7) is 0. The van der Waals surface area contributed by atoms with Crippen molar-refractivity contribution in [2.45, 2.75) is 9.92 Å². The van der Waals surface area contributed by atoms with Gasteiger partial charge in [0.05, 0.1) is 5.52 Å². The summed E-state index contributed by atoms with van der Waals surface area (Å²) in [4.78, 5) is 1.24. The van der Waals surface area contributed by atoms with Crippen LogP contribution in [0, 0.1) is 0 Å². The molecule has 0 aliphatic rings. The number of hydrogen-bond acceptors (Lipinski definition) is 2. The lowest BCUT2D eigenvalue weighted by atomic mass is 10.3. The molecule has 0 fully saturated rings. The Morgan fingerprint density at radius 1 is 0.941 bits per heavy atom. The molecular weight excluding hydrogens is 228 g/mol. The van der Waals surface area contributed by atoms with E-state index in [1.807, 2.05) is 29.9 Å². The third-order valence-corrected chi connectivity index (χ3v) is 3.83. The first-order valence-corrected chi connectivity index (χ1v) is 6.31. The highest BCUT2D eigenvalue weighted by atomic mass is 32.2. The molecule has 0 saturated heterocycles. The van der Waals surface area contributed by atoms with Gasteiger partial charge in [0, 0.05) is 17.3 Å². The van der Waals surface area contributed by atoms with Gasteiger partial charge in [0.2, 0.25) is 0 Å². The maximum Gasteiger partial charge on any atom is 0.106 e. The van der Waals surface area contributed by atoms with Crippen LogP contribution < -0.4 is 0 Å². The molecule has 17 heavy (non-hydrogen) atoms. The van der Waals surface area contributed by atoms with Gasteiger partial charge in [-0.3, -0.25) is 4.68 Å². The Hall–Kier alpha value is -1.74. The Bertz CT molecular complexity index is 644. The molecule has 2 nitrogen and oxygen atoms in total. The zero-order valence-corrected chi connectivity index (χ0v) is 10.3. The van der Waals surface area contributed by atoms with Gasteiger partial charge in [-0.15, -0.1) is 0 Å². The third kappa shape index (κ3) is 1.94. The van der Waals surface area contributed by atoms with Gasteiger partial charge in [-0.1, -0.05) is 48.2 Å². The largest absolute Gasteiger partial charge is 0.261 e. The predicted molar refractivity (Wildman–Crippen MR) is 71.3 cm³/mol. The van der Waals surface area contributed by atoms with Gasteiger partial charge in [-0.25, -0.2) is 0 Å². The first-order chi connectivity index (χ1) is 8.34. The third-order valence-electron chi connectivity index (χ3n) is 2.64. The van der Waals surface area contributed by atoms with Crippen molar-refractivity contribution in [1.29, 1.82) is 0 Å². The van der Waals surface area contributed by atoms with Gasteiger partial charge in [0.15, 0.2) is 0 Å². The van der Waals surface area contributed by atoms with Crippen LogP contribution in [-0.2, 0) is 7.05 Å². The first-order valence-electron chi connectivity index (χ1n) is 5.49. The fraction of sp³-hybridized carbons (Fsp3) is 0.0714. The number of benzene rings is 2. The van der Waals surface area contributed by atoms with Gasteiger partial charge in [0.25, 0.3) is 0 Å². The maximum absolute atomic E-state index is 4.51. The maximum atomic E-state index is 4.51. The molecule has 0 N–H and O–H groups in total. The average molecular weight is 240 g/mol. The highest BCUT2D eigenvalue weighted by Gasteiger charge is 2.09. The van der Waals surface area contributed by atoms with Crippen molar-refractivity contribution in [2.24, 2.45) is 7.05 Å². The van der Waals surface area contributed by atoms with E-state index in [1.54, 1.807) is 11.8 Å². The minimum absolute atomic E-state index is 1.05. The van der Waals surface area contributed by atoms with E-state index in [9.17, 15) is 0 Å². The second kappa shape index (κ2) is 4.26. The van der Waals surface area contributed by atoms with Crippen molar-refractivity contribution in [3.8, 4) is 0 Å². The van der Waals surface area contributed by atoms with Gasteiger partial charge in [0.1, 0.15) is 5.03 Å². The van der Waals surface area contributed by atoms with Crippen molar-refractivity contribution in [2.75, 3.05) is 0 Å². The molecule has 3 rings (SSSR count). The molecule has 1 heterocycles. The van der Waals surface area contributed by atoms with Crippen LogP contribution in [0.3, 0.4) is 0 Å². The Kier molecular flexibility index (Phi) is 2.61. The summed E-state index contributed by atoms with van der Waals surface area (Å²) in [6.07, 6.45) is 0. The molecule has 0 bridgehead atoms. The second-order valence-electron chi connectivity index (χ2n) is 3.86. The van der Waals surface area contributed by atoms with Crippen LogP contribution in [0.25, 0.3) is 10.9 Å². The van der Waals surface area contributed by atoms with Crippen LogP contribution in [0.1, 0.15) is 0 Å². The molecule has 84 valence electrons. The summed E-state index contributed by atoms with van der Waals surface area (Å²) >= 11 is 1.75. The summed E-state index contributed by atoms with van der Waals surface area (Å²) in [5.74, 6) is 0. The van der Waals surface area contributed by atoms with E-state index in [-0.39, 0.29) is 0 Å². The van der Waals surface area contributed by atoms with E-state index in [1.165, 1.54) is 15.3 Å². The van der Waals surface area contributed by atoms with Crippen molar-refractivity contribution in [3.05, 3.63) is 54.6 Å². The van der Waals surface area contributed by atoms with Gasteiger partial charge < -0.3 is 0 Å². The van der Waals surface area contributed by atoms with Gasteiger partial charge in [-0.2, -0.15) is 5.10 Å². The number of hydrogen-bond donors (Lipinski definition) is 0. The molecule has 0 amide bonds. The standard InChI is InChI=1S/C14H12N2S/c1-16-14(17-11-7-3-2-4-8-11)12-9-5-6-10-13(12)15-16/h2-10H,1H3. The molecule has 0 saturated carbocycles. The molecule has 3 heteroatoms. The molecule has 0 aliphatic carbocycles. The Morgan fingerprint density at radius 2 is 1.65 bits per heavy atom. The van der Waals surface area contributed by atoms with Gasteiger partial charge in [-0.05, 0) is 18.2 Å². The van der Waals surface area contributed by atoms with Crippen LogP contribution >= 0.6 is 11.8 Å². The van der Waals surface area contributed by atoms with Crippen molar-refractivity contribution in [3.63, 3.8) is 0 Å². The topological polar surface area (TPSA) is 17.8 Å². The van der Waals surface area contributed by atoms with Crippen molar-refractivity contribution in [1.82, 2.24) is 9.78 Å². The summed E-state index contributed by atoms with van der Waals surface area (Å²) in [6, 6.07) is 18.6. The number of nitrogens with zero attached hydrogens (tertiary/aromatic N) is 2. The lowest BCUT2D eigenvalue weighted by Gasteiger charge is -2.02. The Balaban J connectivity index is 2.08. The minimum Gasteiger partial charge on any atom is -0.261 e. The number of aromatic nitrogens is 2. The summed E-state index contributed by atoms with van der Waals surface area (Å²) < 4.78 is 1.95. The highest BCUT2D eigenvalue weighted by molar-refractivity contribution is 7.99. The molecule has 3 aromatic rings. The van der Waals surface area contributed by atoms with E-state index in [0.717, 1.165) is 5.52 Å². The Labute approximate surface area is 104 Å². The highest BCUT2D eigenvalue weighted by Crippen LogP contribution is 2.32. The van der Waals surface area contributed by atoms with Crippen LogP contribution in [0.2, 0.25) is 0 Å². The van der Waals surface area contributed by atoms with E-state index in [0.29, 0.717) is 0 Å². The first kappa shape index (κ1) is 10.4. The summed E-state index contributed by atoms with van der Waals surface area (Å²) in [7, 11) is 1.99. The summed E-state index contributed by atoms with van der Waals surface area (Å²) in [5, 5.41) is 6.90. The molecule has 1 aromatic heterocycles. The fourth-order valence-electron chi connectivity index (χ4n) is 1.84. The lowest BCUT2D eigenvalue weighted by molar-refractivity contribution is 0.710. The van der Waals surface area contributed by atoms with Crippen molar-refractivity contribution < 1.29 is 0 Å². The SMILES string of the molecule is Cn1nc2ccccc2c1Sc1ccccc1. The van der Waals surface area contributed by atoms with E-state index < -0.39 is 0 Å². The average Bonchev–Trinajstić information content (AvgIpc) is 2.68. The van der Waals surface area contributed by atoms with Crippen molar-refractivity contribution >= 4 is 22.7 Å². The smallest absolute Gasteiger partial charge is 0.106 e. The van der Waals surface area contributed by atoms with E-state index in [4.69, 9.17) is 0 Å². The zero-order valence-electron chi connectivity index (χ0n) is 9.50. The number of aryl methyl sites for hydroxylation is 1. The molecule has 0 atom stereocenters. The quantitative estimate of drug-likeness (QED) is 0.679. The zero-order chi connectivity index (χ0) is 11.7. The number of fused-ring (bicyclic) bond motifs is 1. The van der Waals surface area contributed by atoms with Crippen LogP contribution in [0.4, 0.5) is 0 Å². The Morgan fingerprint density at radius 3 is 2.47 bits per heavy atom. The molecular formula is C14H12N2S. The molecule has 0 aliphatic heterocycles. The van der Waals surface area contributed by atoms with E-state index >= 15 is 0 Å². The molecule has 0 spiro atoms. The normalized spacial score (nSPS) is 10.9. The monoisotopic (exact) mass is 240 g/mol. The predicted octanol–water partition coefficient (Wildman–Crippen LogP) is 3.72. The fourth-order valence-corrected chi connectivity index (χ4v) is 2.82. The van der Waals surface area contributed by atoms with E-state index in [2.05, 4.69) is 41.5 Å². The number of rotatable bonds is 2. The molecule has 0 unspecified atom stereocenters. The molecule has 0 radical (unpaired) electrons. The summed E-state index contributed by atoms with van der Waals surface area (Å²) in [5.41, 5.74) is 1.05. The van der Waals surface area contributed by atoms with Gasteiger partial charge >= 0.3 is 0 Å². The lowest BCUT2D eigenvalue weighted by Crippen LogP contribution is -1.91. The van der Waals surface area contributed by atoms with Crippen LogP contribution in [0.15, 0.2) is 64.5 Å².